The summed E-state index contributed by atoms with van der Waals surface area (Å²) in [5.74, 6) is 0.143. The fourth-order valence-corrected chi connectivity index (χ4v) is 4.34. The van der Waals surface area contributed by atoms with Crippen molar-refractivity contribution in [2.45, 2.75) is 39.8 Å². The van der Waals surface area contributed by atoms with E-state index in [9.17, 15) is 14.7 Å². The molecule has 1 heterocycles. The zero-order valence-electron chi connectivity index (χ0n) is 21.4. The molecule has 0 aliphatic carbocycles. The Morgan fingerprint density at radius 3 is 2.11 bits per heavy atom. The first kappa shape index (κ1) is 25.8. The molecule has 0 bridgehead atoms. The number of hydrogen-bond acceptors (Lipinski definition) is 6. The molecule has 7 nitrogen and oxygen atoms in total. The van der Waals surface area contributed by atoms with Crippen LogP contribution in [-0.2, 0) is 9.59 Å². The lowest BCUT2D eigenvalue weighted by Gasteiger charge is -2.26. The van der Waals surface area contributed by atoms with Gasteiger partial charge in [-0.25, -0.2) is 0 Å². The van der Waals surface area contributed by atoms with E-state index in [0.717, 1.165) is 0 Å². The van der Waals surface area contributed by atoms with Crippen molar-refractivity contribution in [1.29, 1.82) is 0 Å². The van der Waals surface area contributed by atoms with Gasteiger partial charge in [-0.3, -0.25) is 14.5 Å². The van der Waals surface area contributed by atoms with E-state index in [1.165, 1.54) is 4.90 Å². The van der Waals surface area contributed by atoms with Gasteiger partial charge >= 0.3 is 0 Å². The topological polar surface area (TPSA) is 85.3 Å². The highest BCUT2D eigenvalue weighted by Crippen LogP contribution is 2.43. The van der Waals surface area contributed by atoms with E-state index >= 15 is 0 Å². The monoisotopic (exact) mass is 501 g/mol. The molecule has 0 radical (unpaired) electrons. The molecule has 4 rings (SSSR count). The molecular formula is C30H31NO6. The number of benzene rings is 3. The van der Waals surface area contributed by atoms with Gasteiger partial charge < -0.3 is 19.3 Å². The van der Waals surface area contributed by atoms with E-state index in [2.05, 4.69) is 0 Å². The smallest absolute Gasteiger partial charge is 0.300 e. The summed E-state index contributed by atoms with van der Waals surface area (Å²) in [6.07, 6.45) is -0.00236. The van der Waals surface area contributed by atoms with Gasteiger partial charge in [-0.2, -0.15) is 0 Å². The van der Waals surface area contributed by atoms with Crippen LogP contribution >= 0.6 is 0 Å². The minimum absolute atomic E-state index is 0.00236. The Morgan fingerprint density at radius 2 is 1.49 bits per heavy atom. The van der Waals surface area contributed by atoms with Crippen LogP contribution in [-0.4, -0.2) is 36.1 Å². The molecule has 1 unspecified atom stereocenters. The molecule has 1 amide bonds. The molecule has 7 heteroatoms. The van der Waals surface area contributed by atoms with Gasteiger partial charge in [-0.15, -0.1) is 0 Å². The number of carbonyl (C=O) groups excluding carboxylic acids is 2. The molecule has 1 N–H and O–H groups in total. The Morgan fingerprint density at radius 1 is 0.865 bits per heavy atom. The van der Waals surface area contributed by atoms with Gasteiger partial charge in [0.05, 0.1) is 30.9 Å². The Labute approximate surface area is 216 Å². The van der Waals surface area contributed by atoms with Crippen LogP contribution in [0.5, 0.6) is 17.2 Å². The fraction of sp³-hybridized carbons (Fsp3) is 0.267. The number of aliphatic hydroxyl groups is 1. The lowest BCUT2D eigenvalue weighted by molar-refractivity contribution is -0.132. The van der Waals surface area contributed by atoms with Crippen LogP contribution in [0, 0.1) is 0 Å². The van der Waals surface area contributed by atoms with Crippen molar-refractivity contribution in [1.82, 2.24) is 0 Å². The van der Waals surface area contributed by atoms with Crippen molar-refractivity contribution in [3.05, 3.63) is 89.5 Å². The fourth-order valence-electron chi connectivity index (χ4n) is 4.34. The average Bonchev–Trinajstić information content (AvgIpc) is 3.15. The summed E-state index contributed by atoms with van der Waals surface area (Å²) in [5.41, 5.74) is 1.57. The van der Waals surface area contributed by atoms with Gasteiger partial charge in [0.1, 0.15) is 23.0 Å². The normalized spacial score (nSPS) is 16.8. The number of aliphatic hydroxyl groups excluding tert-OH is 1. The number of anilines is 1. The summed E-state index contributed by atoms with van der Waals surface area (Å²) in [6.45, 7) is 8.59. The largest absolute Gasteiger partial charge is 0.507 e. The summed E-state index contributed by atoms with van der Waals surface area (Å²) < 4.78 is 16.9. The quantitative estimate of drug-likeness (QED) is 0.223. The lowest BCUT2D eigenvalue weighted by atomic mass is 9.95. The van der Waals surface area contributed by atoms with Crippen LogP contribution in [0.25, 0.3) is 5.76 Å². The third-order valence-electron chi connectivity index (χ3n) is 5.86. The molecule has 1 aliphatic rings. The van der Waals surface area contributed by atoms with E-state index in [1.54, 1.807) is 72.8 Å². The molecule has 1 aliphatic heterocycles. The lowest BCUT2D eigenvalue weighted by Crippen LogP contribution is -2.29. The van der Waals surface area contributed by atoms with Crippen LogP contribution in [0.1, 0.15) is 44.9 Å². The first-order valence-electron chi connectivity index (χ1n) is 12.4. The highest BCUT2D eigenvalue weighted by atomic mass is 16.5. The first-order chi connectivity index (χ1) is 17.8. The SMILES string of the molecule is CCOc1ccc(/C(O)=C2\C(=O)C(=O)N(c3cccc(OCC)c3)C2c2ccc(OC(C)C)cc2)cc1. The molecule has 192 valence electrons. The van der Waals surface area contributed by atoms with Crippen molar-refractivity contribution < 1.29 is 28.9 Å². The van der Waals surface area contributed by atoms with Gasteiger partial charge in [-0.1, -0.05) is 18.2 Å². The number of ketones is 1. The number of ether oxygens (including phenoxy) is 3. The zero-order chi connectivity index (χ0) is 26.5. The summed E-state index contributed by atoms with van der Waals surface area (Å²) in [4.78, 5) is 28.2. The first-order valence-corrected chi connectivity index (χ1v) is 12.4. The summed E-state index contributed by atoms with van der Waals surface area (Å²) >= 11 is 0. The Bertz CT molecular complexity index is 1290. The average molecular weight is 502 g/mol. The van der Waals surface area contributed by atoms with Crippen LogP contribution in [0.2, 0.25) is 0 Å². The zero-order valence-corrected chi connectivity index (χ0v) is 21.4. The molecule has 1 fully saturated rings. The van der Waals surface area contributed by atoms with E-state index in [1.807, 2.05) is 27.7 Å². The predicted octanol–water partition coefficient (Wildman–Crippen LogP) is 5.90. The molecule has 1 atom stereocenters. The van der Waals surface area contributed by atoms with Crippen molar-refractivity contribution in [2.24, 2.45) is 0 Å². The Balaban J connectivity index is 1.85. The van der Waals surface area contributed by atoms with Crippen LogP contribution < -0.4 is 19.1 Å². The number of carbonyl (C=O) groups is 2. The molecule has 3 aromatic rings. The van der Waals surface area contributed by atoms with Crippen LogP contribution in [0.3, 0.4) is 0 Å². The standard InChI is InChI=1S/C30H31NO6/c1-5-35-23-14-12-21(13-15-23)28(32)26-27(20-10-16-24(17-11-20)37-19(3)4)31(30(34)29(26)33)22-8-7-9-25(18-22)36-6-2/h7-19,27,32H,5-6H2,1-4H3/b28-26+. The van der Waals surface area contributed by atoms with E-state index in [-0.39, 0.29) is 17.4 Å². The Hall–Kier alpha value is -4.26. The van der Waals surface area contributed by atoms with Gasteiger partial charge in [0.15, 0.2) is 0 Å². The van der Waals surface area contributed by atoms with Crippen molar-refractivity contribution in [3.63, 3.8) is 0 Å². The van der Waals surface area contributed by atoms with Gasteiger partial charge in [0.2, 0.25) is 0 Å². The van der Waals surface area contributed by atoms with Crippen LogP contribution in [0.15, 0.2) is 78.4 Å². The number of hydrogen-bond donors (Lipinski definition) is 1. The molecule has 0 spiro atoms. The summed E-state index contributed by atoms with van der Waals surface area (Å²) in [6, 6.07) is 20.1. The van der Waals surface area contributed by atoms with Crippen molar-refractivity contribution >= 4 is 23.1 Å². The minimum Gasteiger partial charge on any atom is -0.507 e. The third-order valence-corrected chi connectivity index (χ3v) is 5.86. The van der Waals surface area contributed by atoms with Gasteiger partial charge in [0, 0.05) is 17.3 Å². The van der Waals surface area contributed by atoms with Gasteiger partial charge in [-0.05, 0) is 81.8 Å². The molecule has 3 aromatic carbocycles. The second-order valence-electron chi connectivity index (χ2n) is 8.79. The molecule has 0 saturated carbocycles. The highest BCUT2D eigenvalue weighted by Gasteiger charge is 2.47. The second-order valence-corrected chi connectivity index (χ2v) is 8.79. The molecule has 1 saturated heterocycles. The van der Waals surface area contributed by atoms with E-state index in [4.69, 9.17) is 14.2 Å². The summed E-state index contributed by atoms with van der Waals surface area (Å²) in [7, 11) is 0. The maximum atomic E-state index is 13.4. The number of amides is 1. The predicted molar refractivity (Wildman–Crippen MR) is 142 cm³/mol. The molecule has 37 heavy (non-hydrogen) atoms. The molecule has 0 aromatic heterocycles. The maximum Gasteiger partial charge on any atom is 0.300 e. The molecular weight excluding hydrogens is 470 g/mol. The number of Topliss-reactive ketones (excluding diaryl/α,β-unsaturated/α-hetero) is 1. The third kappa shape index (κ3) is 5.45. The second kappa shape index (κ2) is 11.2. The van der Waals surface area contributed by atoms with Gasteiger partial charge in [0.25, 0.3) is 11.7 Å². The Kier molecular flexibility index (Phi) is 7.82. The highest BCUT2D eigenvalue weighted by molar-refractivity contribution is 6.51. The van der Waals surface area contributed by atoms with E-state index < -0.39 is 17.7 Å². The van der Waals surface area contributed by atoms with Crippen molar-refractivity contribution in [2.75, 3.05) is 18.1 Å². The maximum absolute atomic E-state index is 13.4. The minimum atomic E-state index is -0.850. The number of rotatable bonds is 9. The summed E-state index contributed by atoms with van der Waals surface area (Å²) in [5, 5.41) is 11.3. The van der Waals surface area contributed by atoms with E-state index in [0.29, 0.717) is 47.3 Å². The van der Waals surface area contributed by atoms with Crippen LogP contribution in [0.4, 0.5) is 5.69 Å². The van der Waals surface area contributed by atoms with Crippen molar-refractivity contribution in [3.8, 4) is 17.2 Å². The number of nitrogens with zero attached hydrogens (tertiary/aromatic N) is 1.